The van der Waals surface area contributed by atoms with Gasteiger partial charge in [-0.1, -0.05) is 19.8 Å². The SMILES string of the molecule is CCCC[C@H](NC(=O)OC(C)(C)C)C(C)=O. The highest BCUT2D eigenvalue weighted by Crippen LogP contribution is 2.08. The van der Waals surface area contributed by atoms with Gasteiger partial charge < -0.3 is 10.1 Å². The minimum absolute atomic E-state index is 0.0284. The molecule has 0 aliphatic carbocycles. The van der Waals surface area contributed by atoms with E-state index in [-0.39, 0.29) is 5.78 Å². The van der Waals surface area contributed by atoms with Gasteiger partial charge >= 0.3 is 6.09 Å². The van der Waals surface area contributed by atoms with Crippen LogP contribution in [0.4, 0.5) is 4.79 Å². The van der Waals surface area contributed by atoms with Gasteiger partial charge in [-0.2, -0.15) is 0 Å². The third kappa shape index (κ3) is 7.26. The zero-order valence-electron chi connectivity index (χ0n) is 10.9. The molecule has 1 N–H and O–H groups in total. The molecule has 0 heterocycles. The van der Waals surface area contributed by atoms with Crippen molar-refractivity contribution in [2.45, 2.75) is 65.5 Å². The number of ether oxygens (including phenoxy) is 1. The summed E-state index contributed by atoms with van der Waals surface area (Å²) in [6.45, 7) is 8.91. The minimum atomic E-state index is -0.532. The second-order valence-electron chi connectivity index (χ2n) is 4.95. The first-order chi connectivity index (χ1) is 7.26. The average Bonchev–Trinajstić information content (AvgIpc) is 2.08. The number of unbranched alkanes of at least 4 members (excludes halogenated alkanes) is 1. The Bertz CT molecular complexity index is 243. The molecular formula is C12H23NO3. The molecule has 0 aromatic heterocycles. The van der Waals surface area contributed by atoms with Gasteiger partial charge in [0.15, 0.2) is 5.78 Å². The summed E-state index contributed by atoms with van der Waals surface area (Å²) in [6.07, 6.45) is 2.06. The first-order valence-corrected chi connectivity index (χ1v) is 5.76. The Kier molecular flexibility index (Phi) is 6.08. The standard InChI is InChI=1S/C12H23NO3/c1-6-7-8-10(9(2)14)13-11(15)16-12(3,4)5/h10H,6-8H2,1-5H3,(H,13,15)/t10-/m0/s1. The van der Waals surface area contributed by atoms with Crippen molar-refractivity contribution in [1.29, 1.82) is 0 Å². The maximum Gasteiger partial charge on any atom is 0.408 e. The van der Waals surface area contributed by atoms with Crippen LogP contribution in [0.1, 0.15) is 53.9 Å². The van der Waals surface area contributed by atoms with E-state index in [4.69, 9.17) is 4.74 Å². The molecule has 0 rings (SSSR count). The van der Waals surface area contributed by atoms with E-state index < -0.39 is 17.7 Å². The zero-order valence-corrected chi connectivity index (χ0v) is 10.9. The highest BCUT2D eigenvalue weighted by atomic mass is 16.6. The van der Waals surface area contributed by atoms with Crippen molar-refractivity contribution >= 4 is 11.9 Å². The summed E-state index contributed by atoms with van der Waals surface area (Å²) < 4.78 is 5.10. The summed E-state index contributed by atoms with van der Waals surface area (Å²) in [5.41, 5.74) is -0.532. The van der Waals surface area contributed by atoms with Gasteiger partial charge in [0.05, 0.1) is 6.04 Å². The second kappa shape index (κ2) is 6.51. The molecule has 0 saturated heterocycles. The molecule has 0 unspecified atom stereocenters. The molecule has 0 bridgehead atoms. The average molecular weight is 229 g/mol. The van der Waals surface area contributed by atoms with Crippen LogP contribution in [0.25, 0.3) is 0 Å². The maximum absolute atomic E-state index is 11.5. The van der Waals surface area contributed by atoms with Gasteiger partial charge in [0.25, 0.3) is 0 Å². The number of hydrogen-bond acceptors (Lipinski definition) is 3. The van der Waals surface area contributed by atoms with Crippen LogP contribution in [-0.2, 0) is 9.53 Å². The number of alkyl carbamates (subject to hydrolysis) is 1. The maximum atomic E-state index is 11.5. The Morgan fingerprint density at radius 3 is 2.25 bits per heavy atom. The quantitative estimate of drug-likeness (QED) is 0.788. The van der Waals surface area contributed by atoms with Crippen LogP contribution in [0.15, 0.2) is 0 Å². The third-order valence-electron chi connectivity index (χ3n) is 2.03. The lowest BCUT2D eigenvalue weighted by Gasteiger charge is -2.22. The number of amides is 1. The Labute approximate surface area is 97.7 Å². The molecule has 0 aromatic carbocycles. The van der Waals surface area contributed by atoms with E-state index >= 15 is 0 Å². The van der Waals surface area contributed by atoms with Crippen LogP contribution >= 0.6 is 0 Å². The molecule has 0 spiro atoms. The lowest BCUT2D eigenvalue weighted by atomic mass is 10.1. The van der Waals surface area contributed by atoms with Crippen molar-refractivity contribution in [1.82, 2.24) is 5.32 Å². The number of hydrogen-bond donors (Lipinski definition) is 1. The lowest BCUT2D eigenvalue weighted by Crippen LogP contribution is -2.42. The number of carbonyl (C=O) groups excluding carboxylic acids is 2. The summed E-state index contributed by atoms with van der Waals surface area (Å²) >= 11 is 0. The van der Waals surface area contributed by atoms with Crippen molar-refractivity contribution in [3.63, 3.8) is 0 Å². The lowest BCUT2D eigenvalue weighted by molar-refractivity contribution is -0.119. The largest absolute Gasteiger partial charge is 0.444 e. The Morgan fingerprint density at radius 1 is 1.31 bits per heavy atom. The van der Waals surface area contributed by atoms with Gasteiger partial charge in [-0.05, 0) is 34.1 Å². The number of Topliss-reactive ketones (excluding diaryl/α,β-unsaturated/α-hetero) is 1. The van der Waals surface area contributed by atoms with Gasteiger partial charge in [-0.25, -0.2) is 4.79 Å². The van der Waals surface area contributed by atoms with E-state index in [2.05, 4.69) is 5.32 Å². The summed E-state index contributed by atoms with van der Waals surface area (Å²) in [5, 5.41) is 2.60. The molecular weight excluding hydrogens is 206 g/mol. The topological polar surface area (TPSA) is 55.4 Å². The van der Waals surface area contributed by atoms with E-state index in [1.54, 1.807) is 20.8 Å². The fourth-order valence-corrected chi connectivity index (χ4v) is 1.24. The first-order valence-electron chi connectivity index (χ1n) is 5.76. The van der Waals surface area contributed by atoms with Crippen LogP contribution in [0.5, 0.6) is 0 Å². The molecule has 0 aliphatic rings. The molecule has 4 nitrogen and oxygen atoms in total. The van der Waals surface area contributed by atoms with Crippen LogP contribution < -0.4 is 5.32 Å². The van der Waals surface area contributed by atoms with Crippen LogP contribution in [0.3, 0.4) is 0 Å². The van der Waals surface area contributed by atoms with Crippen molar-refractivity contribution in [3.8, 4) is 0 Å². The van der Waals surface area contributed by atoms with Crippen molar-refractivity contribution in [2.75, 3.05) is 0 Å². The van der Waals surface area contributed by atoms with Gasteiger partial charge in [0, 0.05) is 0 Å². The van der Waals surface area contributed by atoms with E-state index in [1.807, 2.05) is 6.92 Å². The molecule has 0 aromatic rings. The highest BCUT2D eigenvalue weighted by molar-refractivity contribution is 5.85. The molecule has 4 heteroatoms. The predicted octanol–water partition coefficient (Wildman–Crippen LogP) is 2.66. The predicted molar refractivity (Wildman–Crippen MR) is 63.4 cm³/mol. The monoisotopic (exact) mass is 229 g/mol. The number of carbonyl (C=O) groups is 2. The van der Waals surface area contributed by atoms with Crippen molar-refractivity contribution in [3.05, 3.63) is 0 Å². The van der Waals surface area contributed by atoms with Crippen LogP contribution in [0, 0.1) is 0 Å². The molecule has 1 atom stereocenters. The van der Waals surface area contributed by atoms with Crippen LogP contribution in [0.2, 0.25) is 0 Å². The smallest absolute Gasteiger partial charge is 0.408 e. The van der Waals surface area contributed by atoms with E-state index in [1.165, 1.54) is 6.92 Å². The highest BCUT2D eigenvalue weighted by Gasteiger charge is 2.21. The van der Waals surface area contributed by atoms with E-state index in [9.17, 15) is 9.59 Å². The summed E-state index contributed by atoms with van der Waals surface area (Å²) in [4.78, 5) is 22.7. The van der Waals surface area contributed by atoms with Gasteiger partial charge in [0.2, 0.25) is 0 Å². The number of ketones is 1. The molecule has 0 radical (unpaired) electrons. The summed E-state index contributed by atoms with van der Waals surface area (Å²) in [5.74, 6) is -0.0284. The molecule has 0 fully saturated rings. The Hall–Kier alpha value is -1.06. The molecule has 0 saturated carbocycles. The van der Waals surface area contributed by atoms with Gasteiger partial charge in [0.1, 0.15) is 5.60 Å². The Balaban J connectivity index is 4.19. The van der Waals surface area contributed by atoms with Crippen molar-refractivity contribution in [2.24, 2.45) is 0 Å². The van der Waals surface area contributed by atoms with Crippen molar-refractivity contribution < 1.29 is 14.3 Å². The molecule has 94 valence electrons. The van der Waals surface area contributed by atoms with Gasteiger partial charge in [-0.3, -0.25) is 4.79 Å². The van der Waals surface area contributed by atoms with E-state index in [0.29, 0.717) is 6.42 Å². The zero-order chi connectivity index (χ0) is 12.8. The molecule has 1 amide bonds. The number of nitrogens with one attached hydrogen (secondary N) is 1. The summed E-state index contributed by atoms with van der Waals surface area (Å²) in [7, 11) is 0. The first kappa shape index (κ1) is 14.9. The minimum Gasteiger partial charge on any atom is -0.444 e. The van der Waals surface area contributed by atoms with E-state index in [0.717, 1.165) is 12.8 Å². The molecule has 16 heavy (non-hydrogen) atoms. The fourth-order valence-electron chi connectivity index (χ4n) is 1.24. The van der Waals surface area contributed by atoms with Crippen LogP contribution in [-0.4, -0.2) is 23.5 Å². The Morgan fingerprint density at radius 2 is 1.88 bits per heavy atom. The fraction of sp³-hybridized carbons (Fsp3) is 0.833. The third-order valence-corrected chi connectivity index (χ3v) is 2.03. The molecule has 0 aliphatic heterocycles. The summed E-state index contributed by atoms with van der Waals surface area (Å²) in [6, 6.07) is -0.421. The van der Waals surface area contributed by atoms with Gasteiger partial charge in [-0.15, -0.1) is 0 Å². The number of rotatable bonds is 5. The second-order valence-corrected chi connectivity index (χ2v) is 4.95. The normalized spacial score (nSPS) is 13.1.